The van der Waals surface area contributed by atoms with Crippen molar-refractivity contribution >= 4 is 59.8 Å². The van der Waals surface area contributed by atoms with Crippen LogP contribution in [0.4, 0.5) is 10.3 Å². The molecule has 1 amide bonds. The summed E-state index contributed by atoms with van der Waals surface area (Å²) in [5.74, 6) is -0.679. The van der Waals surface area contributed by atoms with Gasteiger partial charge in [-0.05, 0) is 18.2 Å². The summed E-state index contributed by atoms with van der Waals surface area (Å²) in [4.78, 5) is 36.7. The number of primary amides is 1. The lowest BCUT2D eigenvalue weighted by atomic mass is 10.2. The second-order valence-corrected chi connectivity index (χ2v) is 9.30. The lowest BCUT2D eigenvalue weighted by molar-refractivity contribution is -0.116. The number of thiazole rings is 2. The second-order valence-electron chi connectivity index (χ2n) is 5.85. The Morgan fingerprint density at radius 1 is 1.17 bits per heavy atom. The normalized spacial score (nSPS) is 11.5. The Morgan fingerprint density at radius 3 is 2.60 bits per heavy atom. The van der Waals surface area contributed by atoms with Crippen LogP contribution < -0.4 is 21.0 Å². The van der Waals surface area contributed by atoms with Crippen LogP contribution in [0.3, 0.4) is 0 Å². The standard InChI is InChI=1S/C16H13N7O4S3/c17-13(24)8-22(16-19-4-6-29-16)23-9-20-12-2-1-10(7-11(12)14(23)25)30(26,27)21-15-18-3-5-28-15/h1-7,9H,8H2,(H2,17,24)(H,18,21). The molecule has 4 aromatic rings. The maximum atomic E-state index is 13.1. The molecular formula is C16H13N7O4S3. The van der Waals surface area contributed by atoms with Crippen LogP contribution in [-0.2, 0) is 14.8 Å². The molecule has 0 fully saturated rings. The number of sulfonamides is 1. The van der Waals surface area contributed by atoms with E-state index in [1.165, 1.54) is 53.3 Å². The van der Waals surface area contributed by atoms with Crippen LogP contribution in [-0.4, -0.2) is 40.5 Å². The fourth-order valence-electron chi connectivity index (χ4n) is 2.61. The highest BCUT2D eigenvalue weighted by Gasteiger charge is 2.20. The molecule has 14 heteroatoms. The summed E-state index contributed by atoms with van der Waals surface area (Å²) in [6.07, 6.45) is 4.22. The van der Waals surface area contributed by atoms with Crippen molar-refractivity contribution in [1.82, 2.24) is 19.6 Å². The van der Waals surface area contributed by atoms with Gasteiger partial charge in [-0.2, -0.15) is 0 Å². The van der Waals surface area contributed by atoms with Crippen LogP contribution in [0.15, 0.2) is 57.4 Å². The van der Waals surface area contributed by atoms with Gasteiger partial charge in [0.25, 0.3) is 15.6 Å². The summed E-state index contributed by atoms with van der Waals surface area (Å²) in [6.45, 7) is -0.315. The first-order valence-corrected chi connectivity index (χ1v) is 11.5. The highest BCUT2D eigenvalue weighted by molar-refractivity contribution is 7.93. The van der Waals surface area contributed by atoms with Gasteiger partial charge in [0.15, 0.2) is 5.13 Å². The van der Waals surface area contributed by atoms with E-state index in [1.54, 1.807) is 10.8 Å². The molecule has 154 valence electrons. The van der Waals surface area contributed by atoms with Gasteiger partial charge in [-0.25, -0.2) is 33.1 Å². The second kappa shape index (κ2) is 7.81. The van der Waals surface area contributed by atoms with Crippen molar-refractivity contribution in [1.29, 1.82) is 0 Å². The van der Waals surface area contributed by atoms with Crippen LogP contribution in [0, 0.1) is 0 Å². The summed E-state index contributed by atoms with van der Waals surface area (Å²) in [7, 11) is -3.96. The molecule has 0 aliphatic heterocycles. The predicted molar refractivity (Wildman–Crippen MR) is 113 cm³/mol. The summed E-state index contributed by atoms with van der Waals surface area (Å²) in [6, 6.07) is 4.00. The minimum atomic E-state index is -3.96. The molecule has 0 spiro atoms. The van der Waals surface area contributed by atoms with Crippen molar-refractivity contribution in [3.05, 3.63) is 58.0 Å². The largest absolute Gasteiger partial charge is 0.368 e. The van der Waals surface area contributed by atoms with E-state index < -0.39 is 21.5 Å². The molecule has 0 unspecified atom stereocenters. The quantitative estimate of drug-likeness (QED) is 0.409. The Balaban J connectivity index is 1.81. The first kappa shape index (κ1) is 19.9. The Hall–Kier alpha value is -3.36. The van der Waals surface area contributed by atoms with E-state index in [0.717, 1.165) is 16.0 Å². The zero-order valence-corrected chi connectivity index (χ0v) is 17.4. The molecule has 30 heavy (non-hydrogen) atoms. The van der Waals surface area contributed by atoms with Crippen LogP contribution in [0.2, 0.25) is 0 Å². The maximum Gasteiger partial charge on any atom is 0.280 e. The molecule has 11 nitrogen and oxygen atoms in total. The molecule has 3 N–H and O–H groups in total. The number of benzene rings is 1. The maximum absolute atomic E-state index is 13.1. The number of amides is 1. The Bertz CT molecular complexity index is 1370. The minimum Gasteiger partial charge on any atom is -0.368 e. The van der Waals surface area contributed by atoms with E-state index in [0.29, 0.717) is 10.6 Å². The Morgan fingerprint density at radius 2 is 1.93 bits per heavy atom. The van der Waals surface area contributed by atoms with Crippen LogP contribution in [0.1, 0.15) is 0 Å². The minimum absolute atomic E-state index is 0.0468. The van der Waals surface area contributed by atoms with Crippen molar-refractivity contribution < 1.29 is 13.2 Å². The topological polar surface area (TPSA) is 153 Å². The molecule has 0 aliphatic rings. The zero-order valence-electron chi connectivity index (χ0n) is 15.0. The number of nitrogens with two attached hydrogens (primary N) is 1. The van der Waals surface area contributed by atoms with Gasteiger partial charge in [0, 0.05) is 23.2 Å². The van der Waals surface area contributed by atoms with Crippen LogP contribution >= 0.6 is 22.7 Å². The number of fused-ring (bicyclic) bond motifs is 1. The van der Waals surface area contributed by atoms with Crippen LogP contribution in [0.25, 0.3) is 10.9 Å². The molecule has 3 heterocycles. The van der Waals surface area contributed by atoms with Crippen molar-refractivity contribution in [2.24, 2.45) is 5.73 Å². The number of anilines is 2. The number of nitrogens with one attached hydrogen (secondary N) is 1. The van der Waals surface area contributed by atoms with Crippen molar-refractivity contribution in [2.75, 3.05) is 16.3 Å². The number of hydrogen-bond acceptors (Lipinski definition) is 10. The summed E-state index contributed by atoms with van der Waals surface area (Å²) >= 11 is 2.33. The number of carbonyl (C=O) groups is 1. The van der Waals surface area contributed by atoms with Crippen molar-refractivity contribution in [3.8, 4) is 0 Å². The Kier molecular flexibility index (Phi) is 5.19. The molecule has 0 radical (unpaired) electrons. The Labute approximate surface area is 177 Å². The monoisotopic (exact) mass is 463 g/mol. The molecular weight excluding hydrogens is 450 g/mol. The third kappa shape index (κ3) is 3.87. The summed E-state index contributed by atoms with van der Waals surface area (Å²) in [5, 5.41) is 5.19. The van der Waals surface area contributed by atoms with E-state index in [9.17, 15) is 18.0 Å². The van der Waals surface area contributed by atoms with E-state index in [1.807, 2.05) is 0 Å². The molecule has 4 rings (SSSR count). The van der Waals surface area contributed by atoms with Crippen molar-refractivity contribution in [2.45, 2.75) is 4.90 Å². The van der Waals surface area contributed by atoms with E-state index >= 15 is 0 Å². The summed E-state index contributed by atoms with van der Waals surface area (Å²) < 4.78 is 28.7. The SMILES string of the molecule is NC(=O)CN(c1nccs1)n1cnc2ccc(S(=O)(=O)Nc3nccs3)cc2c1=O. The number of rotatable bonds is 7. The fraction of sp³-hybridized carbons (Fsp3) is 0.0625. The van der Waals surface area contributed by atoms with Gasteiger partial charge in [0.05, 0.1) is 15.8 Å². The number of aromatic nitrogens is 4. The van der Waals surface area contributed by atoms with Gasteiger partial charge in [-0.1, -0.05) is 0 Å². The molecule has 3 aromatic heterocycles. The molecule has 0 saturated carbocycles. The van der Waals surface area contributed by atoms with Gasteiger partial charge >= 0.3 is 0 Å². The fourth-order valence-corrected chi connectivity index (χ4v) is 5.06. The number of carbonyl (C=O) groups excluding carboxylic acids is 1. The third-order valence-electron chi connectivity index (χ3n) is 3.88. The third-order valence-corrected chi connectivity index (χ3v) is 6.82. The van der Waals surface area contributed by atoms with Crippen molar-refractivity contribution in [3.63, 3.8) is 0 Å². The molecule has 0 bridgehead atoms. The van der Waals surface area contributed by atoms with Gasteiger partial charge < -0.3 is 5.73 Å². The zero-order chi connectivity index (χ0) is 21.3. The first-order valence-electron chi connectivity index (χ1n) is 8.24. The van der Waals surface area contributed by atoms with Gasteiger partial charge in [0.2, 0.25) is 11.0 Å². The molecule has 0 saturated heterocycles. The smallest absolute Gasteiger partial charge is 0.280 e. The number of hydrogen-bond donors (Lipinski definition) is 2. The van der Waals surface area contributed by atoms with E-state index in [4.69, 9.17) is 5.73 Å². The predicted octanol–water partition coefficient (Wildman–Crippen LogP) is 0.865. The molecule has 1 aromatic carbocycles. The van der Waals surface area contributed by atoms with Gasteiger partial charge in [0.1, 0.15) is 12.9 Å². The number of nitrogens with zero attached hydrogens (tertiary/aromatic N) is 5. The average molecular weight is 464 g/mol. The van der Waals surface area contributed by atoms with Gasteiger partial charge in [-0.15, -0.1) is 22.7 Å². The first-order chi connectivity index (χ1) is 14.3. The highest BCUT2D eigenvalue weighted by Crippen LogP contribution is 2.21. The average Bonchev–Trinajstić information content (AvgIpc) is 3.40. The van der Waals surface area contributed by atoms with Crippen LogP contribution in [0.5, 0.6) is 0 Å². The lowest BCUT2D eigenvalue weighted by Gasteiger charge is -2.21. The lowest BCUT2D eigenvalue weighted by Crippen LogP contribution is -2.43. The summed E-state index contributed by atoms with van der Waals surface area (Å²) in [5.41, 5.74) is 5.03. The molecule has 0 atom stereocenters. The van der Waals surface area contributed by atoms with Gasteiger partial charge in [-0.3, -0.25) is 14.3 Å². The highest BCUT2D eigenvalue weighted by atomic mass is 32.2. The molecule has 0 aliphatic carbocycles. The van der Waals surface area contributed by atoms with E-state index in [2.05, 4.69) is 19.7 Å². The van der Waals surface area contributed by atoms with E-state index in [-0.39, 0.29) is 22.0 Å².